The van der Waals surface area contributed by atoms with E-state index in [9.17, 15) is 13.2 Å². The van der Waals surface area contributed by atoms with E-state index < -0.39 is 16.0 Å². The fourth-order valence-corrected chi connectivity index (χ4v) is 2.22. The molecule has 2 aromatic rings. The Hall–Kier alpha value is -2.55. The van der Waals surface area contributed by atoms with Gasteiger partial charge in [0.1, 0.15) is 11.6 Å². The molecule has 8 nitrogen and oxygen atoms in total. The number of esters is 1. The van der Waals surface area contributed by atoms with E-state index in [-0.39, 0.29) is 17.3 Å². The highest BCUT2D eigenvalue weighted by Crippen LogP contribution is 2.18. The van der Waals surface area contributed by atoms with Gasteiger partial charge in [-0.15, -0.1) is 9.19 Å². The minimum atomic E-state index is -3.65. The molecule has 1 heterocycles. The Morgan fingerprint density at radius 3 is 2.38 bits per heavy atom. The molecule has 112 valence electrons. The smallest absolute Gasteiger partial charge is 0.344 e. The van der Waals surface area contributed by atoms with Crippen LogP contribution in [0.25, 0.3) is 0 Å². The van der Waals surface area contributed by atoms with Gasteiger partial charge < -0.3 is 15.2 Å². The highest BCUT2D eigenvalue weighted by atomic mass is 32.2. The lowest BCUT2D eigenvalue weighted by Gasteiger charge is -2.02. The predicted octanol–water partition coefficient (Wildman–Crippen LogP) is 0.501. The lowest BCUT2D eigenvalue weighted by molar-refractivity contribution is 0.0727. The molecule has 0 unspecified atom stereocenters. The first-order chi connectivity index (χ1) is 9.81. The van der Waals surface area contributed by atoms with Gasteiger partial charge in [0.25, 0.3) is 10.0 Å². The largest absolute Gasteiger partial charge is 0.497 e. The average molecular weight is 311 g/mol. The van der Waals surface area contributed by atoms with Crippen LogP contribution in [-0.2, 0) is 10.0 Å². The van der Waals surface area contributed by atoms with E-state index in [2.05, 4.69) is 5.10 Å². The number of carbonyl (C=O) groups is 1. The van der Waals surface area contributed by atoms with E-state index in [0.717, 1.165) is 12.3 Å². The molecular formula is C12H13N3O5S. The molecule has 0 aliphatic rings. The molecule has 0 aliphatic heterocycles. The molecule has 2 N–H and O–H groups in total. The van der Waals surface area contributed by atoms with Gasteiger partial charge in [-0.3, -0.25) is 0 Å². The third-order valence-electron chi connectivity index (χ3n) is 2.52. The summed E-state index contributed by atoms with van der Waals surface area (Å²) in [4.78, 5) is 11.9. The van der Waals surface area contributed by atoms with Crippen LogP contribution in [0.2, 0.25) is 0 Å². The van der Waals surface area contributed by atoms with Crippen molar-refractivity contribution < 1.29 is 22.7 Å². The molecule has 21 heavy (non-hydrogen) atoms. The van der Waals surface area contributed by atoms with Crippen molar-refractivity contribution in [1.82, 2.24) is 9.19 Å². The van der Waals surface area contributed by atoms with Crippen molar-refractivity contribution in [2.24, 2.45) is 0 Å². The second-order valence-corrected chi connectivity index (χ2v) is 5.94. The van der Waals surface area contributed by atoms with Crippen molar-refractivity contribution in [3.8, 4) is 11.6 Å². The Bertz CT molecular complexity index is 765. The summed E-state index contributed by atoms with van der Waals surface area (Å²) < 4.78 is 33.3. The van der Waals surface area contributed by atoms with Crippen molar-refractivity contribution in [1.29, 1.82) is 0 Å². The Morgan fingerprint density at radius 1 is 1.29 bits per heavy atom. The summed E-state index contributed by atoms with van der Waals surface area (Å²) in [6.45, 7) is 0. The molecule has 0 radical (unpaired) electrons. The van der Waals surface area contributed by atoms with Crippen molar-refractivity contribution in [3.63, 3.8) is 0 Å². The number of nitrogens with two attached hydrogens (primary N) is 1. The minimum Gasteiger partial charge on any atom is -0.497 e. The van der Waals surface area contributed by atoms with Gasteiger partial charge in [0.05, 0.1) is 18.9 Å². The summed E-state index contributed by atoms with van der Waals surface area (Å²) in [5.74, 6) is -0.429. The molecule has 0 fully saturated rings. The van der Waals surface area contributed by atoms with Crippen LogP contribution in [0, 0.1) is 0 Å². The van der Waals surface area contributed by atoms with Crippen molar-refractivity contribution >= 4 is 21.8 Å². The Morgan fingerprint density at radius 2 is 1.90 bits per heavy atom. The van der Waals surface area contributed by atoms with Gasteiger partial charge in [0.2, 0.25) is 5.88 Å². The maximum Gasteiger partial charge on any atom is 0.344 e. The first-order valence-corrected chi connectivity index (χ1v) is 7.58. The van der Waals surface area contributed by atoms with E-state index in [1.165, 1.54) is 19.2 Å². The van der Waals surface area contributed by atoms with E-state index in [1.807, 2.05) is 0 Å². The zero-order valence-corrected chi connectivity index (χ0v) is 12.1. The number of ether oxygens (including phenoxy) is 2. The third-order valence-corrected chi connectivity index (χ3v) is 3.44. The number of anilines is 1. The first-order valence-electron chi connectivity index (χ1n) is 5.73. The normalized spacial score (nSPS) is 11.1. The van der Waals surface area contributed by atoms with Crippen molar-refractivity contribution in [3.05, 3.63) is 35.9 Å². The number of nitrogen functional groups attached to an aromatic ring is 1. The summed E-state index contributed by atoms with van der Waals surface area (Å²) >= 11 is 0. The first kappa shape index (κ1) is 14.9. The van der Waals surface area contributed by atoms with E-state index in [1.54, 1.807) is 12.1 Å². The molecule has 0 bridgehead atoms. The van der Waals surface area contributed by atoms with Crippen LogP contribution in [-0.4, -0.2) is 36.9 Å². The second-order valence-electron chi connectivity index (χ2n) is 4.13. The topological polar surface area (TPSA) is 114 Å². The van der Waals surface area contributed by atoms with E-state index in [4.69, 9.17) is 15.2 Å². The zero-order chi connectivity index (χ0) is 15.6. The minimum absolute atomic E-state index is 0.143. The van der Waals surface area contributed by atoms with Gasteiger partial charge in [0.15, 0.2) is 0 Å². The highest BCUT2D eigenvalue weighted by Gasteiger charge is 2.17. The number of benzene rings is 1. The van der Waals surface area contributed by atoms with Crippen LogP contribution < -0.4 is 15.2 Å². The molecule has 2 rings (SSSR count). The number of carbonyl (C=O) groups excluding carboxylic acids is 1. The number of rotatable bonds is 4. The Balaban J connectivity index is 2.19. The third kappa shape index (κ3) is 3.31. The van der Waals surface area contributed by atoms with Crippen LogP contribution >= 0.6 is 0 Å². The molecule has 1 aromatic heterocycles. The molecule has 9 heteroatoms. The lowest BCUT2D eigenvalue weighted by Crippen LogP contribution is -2.15. The Labute approximate surface area is 121 Å². The van der Waals surface area contributed by atoms with Crippen LogP contribution in [0.15, 0.2) is 30.3 Å². The summed E-state index contributed by atoms with van der Waals surface area (Å²) in [6.07, 6.45) is 0.936. The molecular weight excluding hydrogens is 298 g/mol. The zero-order valence-electron chi connectivity index (χ0n) is 11.3. The number of hydrogen-bond donors (Lipinski definition) is 1. The second kappa shape index (κ2) is 5.44. The lowest BCUT2D eigenvalue weighted by atomic mass is 10.2. The summed E-state index contributed by atoms with van der Waals surface area (Å²) in [7, 11) is -2.14. The van der Waals surface area contributed by atoms with Crippen molar-refractivity contribution in [2.45, 2.75) is 0 Å². The van der Waals surface area contributed by atoms with Gasteiger partial charge in [-0.1, -0.05) is 0 Å². The van der Waals surface area contributed by atoms with E-state index in [0.29, 0.717) is 9.84 Å². The number of hydrogen-bond acceptors (Lipinski definition) is 7. The fraction of sp³-hybridized carbons (Fsp3) is 0.167. The van der Waals surface area contributed by atoms with Gasteiger partial charge in [-0.05, 0) is 24.3 Å². The van der Waals surface area contributed by atoms with Gasteiger partial charge in [-0.25, -0.2) is 13.2 Å². The van der Waals surface area contributed by atoms with Crippen LogP contribution in [0.4, 0.5) is 5.82 Å². The number of methoxy groups -OCH3 is 1. The van der Waals surface area contributed by atoms with Gasteiger partial charge >= 0.3 is 5.97 Å². The van der Waals surface area contributed by atoms with Gasteiger partial charge in [-0.2, -0.15) is 0 Å². The monoisotopic (exact) mass is 311 g/mol. The maximum atomic E-state index is 11.9. The quantitative estimate of drug-likeness (QED) is 0.818. The summed E-state index contributed by atoms with van der Waals surface area (Å²) in [5.41, 5.74) is 5.76. The number of nitrogens with zero attached hydrogens (tertiary/aromatic N) is 2. The SMILES string of the molecule is COc1ccc(C(=O)Oc2cc(N)n(S(C)(=O)=O)n2)cc1. The predicted molar refractivity (Wildman–Crippen MR) is 74.8 cm³/mol. The molecule has 0 saturated heterocycles. The molecule has 0 amide bonds. The fourth-order valence-electron chi connectivity index (χ4n) is 1.55. The summed E-state index contributed by atoms with van der Waals surface area (Å²) in [6, 6.07) is 7.37. The molecule has 1 aromatic carbocycles. The van der Waals surface area contributed by atoms with Crippen LogP contribution in [0.3, 0.4) is 0 Å². The average Bonchev–Trinajstić information content (AvgIpc) is 2.79. The van der Waals surface area contributed by atoms with E-state index >= 15 is 0 Å². The van der Waals surface area contributed by atoms with Crippen molar-refractivity contribution in [2.75, 3.05) is 19.1 Å². The molecule has 0 spiro atoms. The molecule has 0 atom stereocenters. The Kier molecular flexibility index (Phi) is 3.85. The number of aromatic nitrogens is 2. The highest BCUT2D eigenvalue weighted by molar-refractivity contribution is 7.89. The molecule has 0 aliphatic carbocycles. The van der Waals surface area contributed by atoms with Crippen LogP contribution in [0.1, 0.15) is 10.4 Å². The summed E-state index contributed by atoms with van der Waals surface area (Å²) in [5, 5.41) is 3.62. The standard InChI is InChI=1S/C12H13N3O5S/c1-19-9-5-3-8(4-6-9)12(16)20-11-7-10(13)15(14-11)21(2,17)18/h3-7H,13H2,1-2H3. The maximum absolute atomic E-state index is 11.9. The van der Waals surface area contributed by atoms with Crippen LogP contribution in [0.5, 0.6) is 11.6 Å². The molecule has 0 saturated carbocycles. The van der Waals surface area contributed by atoms with Gasteiger partial charge in [0, 0.05) is 6.07 Å².